The predicted molar refractivity (Wildman–Crippen MR) is 55.0 cm³/mol. The summed E-state index contributed by atoms with van der Waals surface area (Å²) in [5.74, 6) is -0.894. The van der Waals surface area contributed by atoms with Crippen molar-refractivity contribution in [2.45, 2.75) is 11.8 Å². The monoisotopic (exact) mass is 194 g/mol. The summed E-state index contributed by atoms with van der Waals surface area (Å²) in [6.07, 6.45) is 1.62. The van der Waals surface area contributed by atoms with Gasteiger partial charge in [-0.2, -0.15) is 0 Å². The standard InChI is InChI=1S/C10H10O2S/c1-7(10(11)12)6-8-2-4-9(13)5-3-8/h2-6,13H,1H3,(H,11,12)/b7-6+. The maximum Gasteiger partial charge on any atom is 0.331 e. The van der Waals surface area contributed by atoms with E-state index in [1.807, 2.05) is 24.3 Å². The van der Waals surface area contributed by atoms with Crippen molar-refractivity contribution in [1.82, 2.24) is 0 Å². The van der Waals surface area contributed by atoms with Crippen LogP contribution in [0.3, 0.4) is 0 Å². The Morgan fingerprint density at radius 3 is 2.38 bits per heavy atom. The fourth-order valence-electron chi connectivity index (χ4n) is 0.882. The minimum atomic E-state index is -0.894. The van der Waals surface area contributed by atoms with Crippen LogP contribution in [0.2, 0.25) is 0 Å². The molecular formula is C10H10O2S. The molecule has 0 amide bonds. The van der Waals surface area contributed by atoms with Crippen molar-refractivity contribution in [2.24, 2.45) is 0 Å². The SMILES string of the molecule is C/C(=C\c1ccc(S)cc1)C(=O)O. The van der Waals surface area contributed by atoms with Gasteiger partial charge in [-0.25, -0.2) is 4.79 Å². The zero-order valence-corrected chi connectivity index (χ0v) is 8.08. The molecule has 0 atom stereocenters. The summed E-state index contributed by atoms with van der Waals surface area (Å²) in [6.45, 7) is 1.57. The lowest BCUT2D eigenvalue weighted by Crippen LogP contribution is -1.95. The van der Waals surface area contributed by atoms with Crippen LogP contribution >= 0.6 is 12.6 Å². The van der Waals surface area contributed by atoms with E-state index in [1.54, 1.807) is 13.0 Å². The first-order valence-electron chi connectivity index (χ1n) is 3.80. The van der Waals surface area contributed by atoms with Crippen molar-refractivity contribution in [3.8, 4) is 0 Å². The number of benzene rings is 1. The van der Waals surface area contributed by atoms with E-state index in [0.717, 1.165) is 10.5 Å². The lowest BCUT2D eigenvalue weighted by molar-refractivity contribution is -0.132. The molecule has 1 aromatic rings. The number of carboxylic acid groups (broad SMARTS) is 1. The van der Waals surface area contributed by atoms with E-state index in [1.165, 1.54) is 0 Å². The first kappa shape index (κ1) is 9.86. The number of hydrogen-bond acceptors (Lipinski definition) is 2. The Labute approximate surface area is 82.3 Å². The Balaban J connectivity index is 2.92. The maximum absolute atomic E-state index is 10.5. The van der Waals surface area contributed by atoms with Crippen molar-refractivity contribution in [2.75, 3.05) is 0 Å². The smallest absolute Gasteiger partial charge is 0.331 e. The molecule has 0 spiro atoms. The molecule has 0 aliphatic heterocycles. The van der Waals surface area contributed by atoms with Gasteiger partial charge in [0.2, 0.25) is 0 Å². The fraction of sp³-hybridized carbons (Fsp3) is 0.100. The second kappa shape index (κ2) is 4.14. The highest BCUT2D eigenvalue weighted by atomic mass is 32.1. The molecule has 0 saturated heterocycles. The normalized spacial score (nSPS) is 11.4. The van der Waals surface area contributed by atoms with Gasteiger partial charge >= 0.3 is 5.97 Å². The van der Waals surface area contributed by atoms with Crippen LogP contribution in [0.4, 0.5) is 0 Å². The highest BCUT2D eigenvalue weighted by Gasteiger charge is 1.98. The van der Waals surface area contributed by atoms with E-state index < -0.39 is 5.97 Å². The van der Waals surface area contributed by atoms with Gasteiger partial charge in [-0.15, -0.1) is 12.6 Å². The summed E-state index contributed by atoms with van der Waals surface area (Å²) >= 11 is 4.13. The highest BCUT2D eigenvalue weighted by molar-refractivity contribution is 7.80. The van der Waals surface area contributed by atoms with Crippen molar-refractivity contribution in [1.29, 1.82) is 0 Å². The van der Waals surface area contributed by atoms with E-state index in [0.29, 0.717) is 5.57 Å². The Hall–Kier alpha value is -1.22. The summed E-state index contributed by atoms with van der Waals surface area (Å²) in [5.41, 5.74) is 1.20. The molecule has 0 fully saturated rings. The third-order valence-electron chi connectivity index (χ3n) is 1.61. The summed E-state index contributed by atoms with van der Waals surface area (Å²) in [7, 11) is 0. The third kappa shape index (κ3) is 2.95. The molecule has 0 aromatic heterocycles. The molecule has 0 aliphatic rings. The zero-order valence-electron chi connectivity index (χ0n) is 7.19. The Kier molecular flexibility index (Phi) is 3.14. The predicted octanol–water partition coefficient (Wildman–Crippen LogP) is 2.46. The molecule has 3 heteroatoms. The van der Waals surface area contributed by atoms with Gasteiger partial charge in [-0.05, 0) is 30.7 Å². The first-order valence-corrected chi connectivity index (χ1v) is 4.25. The van der Waals surface area contributed by atoms with Gasteiger partial charge in [0.1, 0.15) is 0 Å². The van der Waals surface area contributed by atoms with Gasteiger partial charge in [0, 0.05) is 10.5 Å². The molecule has 2 nitrogen and oxygen atoms in total. The fourth-order valence-corrected chi connectivity index (χ4v) is 1.03. The van der Waals surface area contributed by atoms with Crippen LogP contribution in [0.5, 0.6) is 0 Å². The minimum absolute atomic E-state index is 0.326. The highest BCUT2D eigenvalue weighted by Crippen LogP contribution is 2.11. The minimum Gasteiger partial charge on any atom is -0.478 e. The molecular weight excluding hydrogens is 184 g/mol. The Morgan fingerprint density at radius 1 is 1.38 bits per heavy atom. The first-order chi connectivity index (χ1) is 6.09. The van der Waals surface area contributed by atoms with Crippen molar-refractivity contribution in [3.05, 3.63) is 35.4 Å². The molecule has 0 saturated carbocycles. The second-order valence-electron chi connectivity index (χ2n) is 2.72. The number of thiol groups is 1. The molecule has 0 radical (unpaired) electrons. The average Bonchev–Trinajstić information content (AvgIpc) is 2.08. The molecule has 0 aliphatic carbocycles. The molecule has 1 N–H and O–H groups in total. The molecule has 0 heterocycles. The summed E-state index contributed by atoms with van der Waals surface area (Å²) in [6, 6.07) is 7.30. The quantitative estimate of drug-likeness (QED) is 0.560. The molecule has 0 bridgehead atoms. The van der Waals surface area contributed by atoms with Crippen LogP contribution in [0.1, 0.15) is 12.5 Å². The summed E-state index contributed by atoms with van der Waals surface area (Å²) in [5, 5.41) is 8.61. The van der Waals surface area contributed by atoms with Crippen LogP contribution in [0.15, 0.2) is 34.7 Å². The summed E-state index contributed by atoms with van der Waals surface area (Å²) < 4.78 is 0. The van der Waals surface area contributed by atoms with Crippen LogP contribution < -0.4 is 0 Å². The Bertz CT molecular complexity index is 338. The lowest BCUT2D eigenvalue weighted by Gasteiger charge is -1.95. The van der Waals surface area contributed by atoms with E-state index in [9.17, 15) is 4.79 Å². The lowest BCUT2D eigenvalue weighted by atomic mass is 10.1. The number of carbonyl (C=O) groups is 1. The van der Waals surface area contributed by atoms with Gasteiger partial charge in [0.05, 0.1) is 0 Å². The van der Waals surface area contributed by atoms with E-state index in [2.05, 4.69) is 12.6 Å². The number of aliphatic carboxylic acids is 1. The molecule has 0 unspecified atom stereocenters. The van der Waals surface area contributed by atoms with Gasteiger partial charge in [0.15, 0.2) is 0 Å². The zero-order chi connectivity index (χ0) is 9.84. The van der Waals surface area contributed by atoms with Crippen LogP contribution in [-0.2, 0) is 4.79 Å². The molecule has 68 valence electrons. The molecule has 13 heavy (non-hydrogen) atoms. The van der Waals surface area contributed by atoms with Gasteiger partial charge in [-0.1, -0.05) is 12.1 Å². The van der Waals surface area contributed by atoms with Gasteiger partial charge in [-0.3, -0.25) is 0 Å². The van der Waals surface area contributed by atoms with Crippen molar-refractivity contribution in [3.63, 3.8) is 0 Å². The van der Waals surface area contributed by atoms with Crippen LogP contribution in [0.25, 0.3) is 6.08 Å². The topological polar surface area (TPSA) is 37.3 Å². The Morgan fingerprint density at radius 2 is 1.92 bits per heavy atom. The average molecular weight is 194 g/mol. The maximum atomic E-state index is 10.5. The van der Waals surface area contributed by atoms with Crippen LogP contribution in [-0.4, -0.2) is 11.1 Å². The van der Waals surface area contributed by atoms with Crippen LogP contribution in [0, 0.1) is 0 Å². The number of hydrogen-bond donors (Lipinski definition) is 2. The number of carboxylic acids is 1. The van der Waals surface area contributed by atoms with Gasteiger partial charge < -0.3 is 5.11 Å². The second-order valence-corrected chi connectivity index (χ2v) is 3.24. The van der Waals surface area contributed by atoms with Crippen molar-refractivity contribution < 1.29 is 9.90 Å². The third-order valence-corrected chi connectivity index (χ3v) is 1.91. The van der Waals surface area contributed by atoms with E-state index in [-0.39, 0.29) is 0 Å². The van der Waals surface area contributed by atoms with Gasteiger partial charge in [0.25, 0.3) is 0 Å². The number of rotatable bonds is 2. The van der Waals surface area contributed by atoms with E-state index in [4.69, 9.17) is 5.11 Å². The molecule has 1 aromatic carbocycles. The molecule has 1 rings (SSSR count). The summed E-state index contributed by atoms with van der Waals surface area (Å²) in [4.78, 5) is 11.4. The largest absolute Gasteiger partial charge is 0.478 e. The van der Waals surface area contributed by atoms with Crippen molar-refractivity contribution >= 4 is 24.7 Å². The van der Waals surface area contributed by atoms with E-state index >= 15 is 0 Å².